The van der Waals surface area contributed by atoms with Gasteiger partial charge in [-0.3, -0.25) is 0 Å². The van der Waals surface area contributed by atoms with Crippen LogP contribution >= 0.6 is 24.0 Å². The number of hydrogen-bond donors (Lipinski definition) is 2. The fraction of sp³-hybridized carbons (Fsp3) is 0.650. The molecule has 30 heavy (non-hydrogen) atoms. The summed E-state index contributed by atoms with van der Waals surface area (Å²) in [4.78, 5) is 10.9. The maximum absolute atomic E-state index is 13.3. The number of hydrogen-bond acceptors (Lipinski definition) is 4. The van der Waals surface area contributed by atoms with Crippen molar-refractivity contribution in [1.82, 2.24) is 15.1 Å². The minimum atomic E-state index is -4.39. The number of guanidine groups is 1. The van der Waals surface area contributed by atoms with Gasteiger partial charge in [0.1, 0.15) is 0 Å². The van der Waals surface area contributed by atoms with Crippen molar-refractivity contribution in [1.29, 1.82) is 0 Å². The Balaban J connectivity index is 0.00000320. The summed E-state index contributed by atoms with van der Waals surface area (Å²) >= 11 is 0. The zero-order valence-electron chi connectivity index (χ0n) is 17.5. The lowest BCUT2D eigenvalue weighted by atomic mass is 10.1. The second-order valence-electron chi connectivity index (χ2n) is 7.69. The molecule has 1 aromatic carbocycles. The molecule has 2 aliphatic heterocycles. The van der Waals surface area contributed by atoms with Crippen LogP contribution in [0.5, 0.6) is 0 Å². The van der Waals surface area contributed by atoms with Gasteiger partial charge in [0, 0.05) is 51.5 Å². The smallest absolute Gasteiger partial charge is 0.391 e. The van der Waals surface area contributed by atoms with E-state index in [-0.39, 0.29) is 30.5 Å². The monoisotopic (exact) mass is 541 g/mol. The van der Waals surface area contributed by atoms with Crippen molar-refractivity contribution in [3.8, 4) is 0 Å². The summed E-state index contributed by atoms with van der Waals surface area (Å²) in [6.45, 7) is 7.21. The number of benzene rings is 1. The number of likely N-dealkylation sites (N-methyl/N-ethyl adjacent to an activating group) is 1. The third-order valence-electron chi connectivity index (χ3n) is 5.45. The summed E-state index contributed by atoms with van der Waals surface area (Å²) in [6.07, 6.45) is -4.11. The van der Waals surface area contributed by atoms with Crippen LogP contribution in [0.4, 0.5) is 18.9 Å². The fourth-order valence-electron chi connectivity index (χ4n) is 3.76. The highest BCUT2D eigenvalue weighted by molar-refractivity contribution is 14.0. The van der Waals surface area contributed by atoms with Gasteiger partial charge in [-0.05, 0) is 44.2 Å². The van der Waals surface area contributed by atoms with E-state index in [2.05, 4.69) is 20.1 Å². The molecule has 0 amide bonds. The van der Waals surface area contributed by atoms with Crippen molar-refractivity contribution in [2.24, 2.45) is 4.99 Å². The summed E-state index contributed by atoms with van der Waals surface area (Å²) < 4.78 is 39.9. The van der Waals surface area contributed by atoms with E-state index in [0.29, 0.717) is 37.6 Å². The van der Waals surface area contributed by atoms with Gasteiger partial charge in [0.2, 0.25) is 0 Å². The maximum Gasteiger partial charge on any atom is 0.416 e. The molecule has 0 bridgehead atoms. The van der Waals surface area contributed by atoms with Gasteiger partial charge in [0.05, 0.1) is 18.2 Å². The number of anilines is 1. The predicted octanol–water partition coefficient (Wildman–Crippen LogP) is 2.61. The maximum atomic E-state index is 13.3. The summed E-state index contributed by atoms with van der Waals surface area (Å²) in [6, 6.07) is 3.95. The lowest BCUT2D eigenvalue weighted by Gasteiger charge is -2.35. The lowest BCUT2D eigenvalue weighted by Crippen LogP contribution is -2.44. The molecular weight excluding hydrogens is 510 g/mol. The Morgan fingerprint density at radius 2 is 1.90 bits per heavy atom. The molecule has 2 heterocycles. The van der Waals surface area contributed by atoms with Crippen LogP contribution in [-0.4, -0.2) is 79.8 Å². The van der Waals surface area contributed by atoms with E-state index in [9.17, 15) is 18.3 Å². The highest BCUT2D eigenvalue weighted by Crippen LogP contribution is 2.33. The molecule has 1 aromatic rings. The number of β-amino-alcohol motifs (C(OH)–C–C–N with tert-alkyl or cyclic N) is 1. The van der Waals surface area contributed by atoms with Crippen molar-refractivity contribution in [2.45, 2.75) is 32.2 Å². The third kappa shape index (κ3) is 6.36. The number of nitrogens with zero attached hydrogens (tertiary/aromatic N) is 4. The van der Waals surface area contributed by atoms with E-state index in [0.717, 1.165) is 37.9 Å². The zero-order valence-corrected chi connectivity index (χ0v) is 19.8. The molecule has 170 valence electrons. The number of rotatable bonds is 4. The highest BCUT2D eigenvalue weighted by atomic mass is 127. The number of halogens is 4. The molecule has 0 spiro atoms. The molecule has 2 fully saturated rings. The van der Waals surface area contributed by atoms with Crippen molar-refractivity contribution in [2.75, 3.05) is 57.8 Å². The topological polar surface area (TPSA) is 54.3 Å². The zero-order chi connectivity index (χ0) is 21.0. The minimum Gasteiger partial charge on any atom is -0.391 e. The predicted molar refractivity (Wildman–Crippen MR) is 124 cm³/mol. The van der Waals surface area contributed by atoms with Gasteiger partial charge in [-0.15, -0.1) is 24.0 Å². The number of aliphatic hydroxyl groups is 1. The first-order valence-electron chi connectivity index (χ1n) is 10.1. The number of alkyl halides is 3. The van der Waals surface area contributed by atoms with Crippen molar-refractivity contribution in [3.63, 3.8) is 0 Å². The molecule has 0 aromatic heterocycles. The highest BCUT2D eigenvalue weighted by Gasteiger charge is 2.31. The van der Waals surface area contributed by atoms with Crippen LogP contribution in [0, 0.1) is 0 Å². The Labute approximate surface area is 193 Å². The van der Waals surface area contributed by atoms with Crippen molar-refractivity contribution >= 4 is 35.6 Å². The van der Waals surface area contributed by atoms with Crippen molar-refractivity contribution < 1.29 is 18.3 Å². The van der Waals surface area contributed by atoms with Crippen LogP contribution in [0.3, 0.4) is 0 Å². The van der Waals surface area contributed by atoms with Crippen LogP contribution in [0.25, 0.3) is 0 Å². The first kappa shape index (κ1) is 25.0. The second kappa shape index (κ2) is 10.9. The first-order valence-corrected chi connectivity index (χ1v) is 10.1. The van der Waals surface area contributed by atoms with Gasteiger partial charge in [-0.1, -0.05) is 0 Å². The Morgan fingerprint density at radius 1 is 1.20 bits per heavy atom. The van der Waals surface area contributed by atoms with Gasteiger partial charge in [0.15, 0.2) is 5.96 Å². The van der Waals surface area contributed by atoms with Gasteiger partial charge in [-0.25, -0.2) is 4.99 Å². The largest absolute Gasteiger partial charge is 0.416 e. The van der Waals surface area contributed by atoms with E-state index in [4.69, 9.17) is 0 Å². The normalized spacial score (nSPS) is 21.0. The van der Waals surface area contributed by atoms with Crippen LogP contribution in [-0.2, 0) is 12.7 Å². The molecule has 2 aliphatic rings. The molecule has 0 saturated carbocycles. The second-order valence-corrected chi connectivity index (χ2v) is 7.69. The first-order chi connectivity index (χ1) is 13.8. The lowest BCUT2D eigenvalue weighted by molar-refractivity contribution is -0.137. The van der Waals surface area contributed by atoms with Gasteiger partial charge >= 0.3 is 6.18 Å². The molecule has 1 atom stereocenters. The Hall–Kier alpha value is -1.27. The standard InChI is InChI=1S/C20H30F3N5O.HI/c1-3-24-19(28-7-6-17(29)14-28)25-13-15-12-16(20(21,22)23)4-5-18(15)27-10-8-26(2)9-11-27;/h4-5,12,17,29H,3,6-11,13-14H2,1-2H3,(H,24,25);1H/t17-;/m1./s1. The van der Waals surface area contributed by atoms with Crippen LogP contribution in [0.2, 0.25) is 0 Å². The summed E-state index contributed by atoms with van der Waals surface area (Å²) in [7, 11) is 2.04. The van der Waals surface area contributed by atoms with Crippen molar-refractivity contribution in [3.05, 3.63) is 29.3 Å². The summed E-state index contributed by atoms with van der Waals surface area (Å²) in [5.74, 6) is 0.630. The Bertz CT molecular complexity index is 723. The number of piperazine rings is 1. The van der Waals surface area contributed by atoms with Crippen LogP contribution < -0.4 is 10.2 Å². The Morgan fingerprint density at radius 3 is 2.47 bits per heavy atom. The van der Waals surface area contributed by atoms with E-state index in [1.165, 1.54) is 6.07 Å². The molecule has 6 nitrogen and oxygen atoms in total. The van der Waals surface area contributed by atoms with Gasteiger partial charge in [0.25, 0.3) is 0 Å². The molecule has 0 unspecified atom stereocenters. The third-order valence-corrected chi connectivity index (χ3v) is 5.45. The molecule has 2 N–H and O–H groups in total. The molecule has 0 aliphatic carbocycles. The number of aliphatic hydroxyl groups excluding tert-OH is 1. The molecule has 2 saturated heterocycles. The number of aliphatic imine (C=N–C) groups is 1. The summed E-state index contributed by atoms with van der Waals surface area (Å²) in [5.41, 5.74) is 0.730. The van der Waals surface area contributed by atoms with Gasteiger partial charge < -0.3 is 25.1 Å². The molecule has 3 rings (SSSR count). The minimum absolute atomic E-state index is 0. The SMILES string of the molecule is CCNC(=NCc1cc(C(F)(F)F)ccc1N1CCN(C)CC1)N1CC[C@@H](O)C1.I. The number of likely N-dealkylation sites (tertiary alicyclic amines) is 1. The molecule has 10 heteroatoms. The van der Waals surface area contributed by atoms with Crippen LogP contribution in [0.15, 0.2) is 23.2 Å². The average Bonchev–Trinajstić information content (AvgIpc) is 3.11. The van der Waals surface area contributed by atoms with E-state index < -0.39 is 17.8 Å². The molecule has 0 radical (unpaired) electrons. The quantitative estimate of drug-likeness (QED) is 0.349. The fourth-order valence-corrected chi connectivity index (χ4v) is 3.76. The number of nitrogens with one attached hydrogen (secondary N) is 1. The van der Waals surface area contributed by atoms with E-state index in [1.807, 2.05) is 18.9 Å². The molecular formula is C20H31F3IN5O. The van der Waals surface area contributed by atoms with Gasteiger partial charge in [-0.2, -0.15) is 13.2 Å². The van der Waals surface area contributed by atoms with E-state index in [1.54, 1.807) is 6.07 Å². The average molecular weight is 541 g/mol. The summed E-state index contributed by atoms with van der Waals surface area (Å²) in [5, 5.41) is 13.0. The van der Waals surface area contributed by atoms with E-state index >= 15 is 0 Å². The van der Waals surface area contributed by atoms with Crippen LogP contribution in [0.1, 0.15) is 24.5 Å². The Kier molecular flexibility index (Phi) is 9.04.